The molecule has 0 spiro atoms. The number of amides is 1. The number of β-lactam (4-membered cyclic amide) rings is 1. The third kappa shape index (κ3) is 1.90. The molecule has 2 aromatic rings. The maximum Gasteiger partial charge on any atom is 0.247 e. The summed E-state index contributed by atoms with van der Waals surface area (Å²) in [7, 11) is 0. The van der Waals surface area contributed by atoms with Crippen molar-refractivity contribution in [2.24, 2.45) is 5.73 Å². The summed E-state index contributed by atoms with van der Waals surface area (Å²) >= 11 is 0. The van der Waals surface area contributed by atoms with Gasteiger partial charge >= 0.3 is 0 Å². The Labute approximate surface area is 110 Å². The van der Waals surface area contributed by atoms with E-state index in [-0.39, 0.29) is 17.8 Å². The van der Waals surface area contributed by atoms with Crippen LogP contribution in [0.15, 0.2) is 54.6 Å². The van der Waals surface area contributed by atoms with Gasteiger partial charge in [0.1, 0.15) is 11.9 Å². The quantitative estimate of drug-likeness (QED) is 0.838. The Hall–Kier alpha value is -2.20. The van der Waals surface area contributed by atoms with E-state index in [1.165, 1.54) is 12.1 Å². The molecule has 1 fully saturated rings. The summed E-state index contributed by atoms with van der Waals surface area (Å²) in [4.78, 5) is 13.5. The van der Waals surface area contributed by atoms with Crippen molar-refractivity contribution in [3.05, 3.63) is 66.0 Å². The highest BCUT2D eigenvalue weighted by molar-refractivity contribution is 6.05. The lowest BCUT2D eigenvalue weighted by Gasteiger charge is -2.45. The fourth-order valence-corrected chi connectivity index (χ4v) is 2.43. The monoisotopic (exact) mass is 256 g/mol. The molecule has 1 aliphatic heterocycles. The van der Waals surface area contributed by atoms with Crippen molar-refractivity contribution in [1.29, 1.82) is 0 Å². The molecule has 1 amide bonds. The summed E-state index contributed by atoms with van der Waals surface area (Å²) in [6, 6.07) is 14.7. The second-order valence-electron chi connectivity index (χ2n) is 4.57. The minimum atomic E-state index is -0.564. The first-order valence-electron chi connectivity index (χ1n) is 6.07. The van der Waals surface area contributed by atoms with Gasteiger partial charge in [0.05, 0.1) is 6.04 Å². The summed E-state index contributed by atoms with van der Waals surface area (Å²) in [6.45, 7) is 0. The first-order chi connectivity index (χ1) is 9.18. The Morgan fingerprint density at radius 3 is 2.47 bits per heavy atom. The van der Waals surface area contributed by atoms with Crippen LogP contribution in [0.1, 0.15) is 11.6 Å². The number of benzene rings is 2. The van der Waals surface area contributed by atoms with Crippen LogP contribution in [0, 0.1) is 5.82 Å². The summed E-state index contributed by atoms with van der Waals surface area (Å²) in [5.74, 6) is -0.544. The third-order valence-corrected chi connectivity index (χ3v) is 3.37. The molecule has 0 aromatic heterocycles. The number of nitrogens with two attached hydrogens (primary N) is 1. The lowest BCUT2D eigenvalue weighted by Crippen LogP contribution is -2.63. The van der Waals surface area contributed by atoms with Gasteiger partial charge in [-0.1, -0.05) is 36.4 Å². The van der Waals surface area contributed by atoms with Crippen molar-refractivity contribution in [2.45, 2.75) is 12.1 Å². The number of anilines is 1. The van der Waals surface area contributed by atoms with Gasteiger partial charge in [0, 0.05) is 5.69 Å². The molecule has 1 aliphatic rings. The molecule has 0 bridgehead atoms. The highest BCUT2D eigenvalue weighted by Crippen LogP contribution is 2.38. The average molecular weight is 256 g/mol. The van der Waals surface area contributed by atoms with E-state index in [4.69, 9.17) is 5.73 Å². The fraction of sp³-hybridized carbons (Fsp3) is 0.133. The van der Waals surface area contributed by atoms with Crippen LogP contribution in [0.2, 0.25) is 0 Å². The van der Waals surface area contributed by atoms with Gasteiger partial charge in [-0.05, 0) is 23.8 Å². The molecule has 0 unspecified atom stereocenters. The first kappa shape index (κ1) is 11.9. The SMILES string of the molecule is N[C@@H]1C(=O)N(c2cccc(F)c2)[C@@H]1c1ccccc1. The van der Waals surface area contributed by atoms with Crippen LogP contribution in [0.5, 0.6) is 0 Å². The smallest absolute Gasteiger partial charge is 0.247 e. The molecule has 96 valence electrons. The van der Waals surface area contributed by atoms with Gasteiger partial charge in [-0.2, -0.15) is 0 Å². The van der Waals surface area contributed by atoms with Gasteiger partial charge in [-0.25, -0.2) is 4.39 Å². The van der Waals surface area contributed by atoms with E-state index in [1.54, 1.807) is 17.0 Å². The Morgan fingerprint density at radius 2 is 1.79 bits per heavy atom. The van der Waals surface area contributed by atoms with Crippen molar-refractivity contribution in [3.63, 3.8) is 0 Å². The largest absolute Gasteiger partial charge is 0.318 e. The molecule has 1 heterocycles. The minimum absolute atomic E-state index is 0.181. The molecule has 2 atom stereocenters. The van der Waals surface area contributed by atoms with E-state index in [0.717, 1.165) is 5.56 Å². The van der Waals surface area contributed by atoms with Gasteiger partial charge < -0.3 is 10.6 Å². The van der Waals surface area contributed by atoms with Crippen LogP contribution in [0.25, 0.3) is 0 Å². The van der Waals surface area contributed by atoms with Gasteiger partial charge in [-0.3, -0.25) is 4.79 Å². The van der Waals surface area contributed by atoms with E-state index < -0.39 is 6.04 Å². The zero-order valence-corrected chi connectivity index (χ0v) is 10.2. The zero-order chi connectivity index (χ0) is 13.4. The molecule has 3 rings (SSSR count). The van der Waals surface area contributed by atoms with E-state index in [9.17, 15) is 9.18 Å². The van der Waals surface area contributed by atoms with Crippen molar-refractivity contribution in [1.82, 2.24) is 0 Å². The minimum Gasteiger partial charge on any atom is -0.318 e. The van der Waals surface area contributed by atoms with Crippen molar-refractivity contribution in [3.8, 4) is 0 Å². The molecule has 1 saturated heterocycles. The fourth-order valence-electron chi connectivity index (χ4n) is 2.43. The molecular formula is C15H13FN2O. The van der Waals surface area contributed by atoms with Gasteiger partial charge in [0.15, 0.2) is 0 Å². The van der Waals surface area contributed by atoms with Crippen LogP contribution >= 0.6 is 0 Å². The predicted octanol–water partition coefficient (Wildman–Crippen LogP) is 2.24. The molecule has 0 saturated carbocycles. The Kier molecular flexibility index (Phi) is 2.80. The maximum atomic E-state index is 13.3. The molecule has 19 heavy (non-hydrogen) atoms. The second-order valence-corrected chi connectivity index (χ2v) is 4.57. The van der Waals surface area contributed by atoms with E-state index in [2.05, 4.69) is 0 Å². The number of nitrogens with zero attached hydrogens (tertiary/aromatic N) is 1. The van der Waals surface area contributed by atoms with Crippen LogP contribution in [-0.2, 0) is 4.79 Å². The topological polar surface area (TPSA) is 46.3 Å². The van der Waals surface area contributed by atoms with Crippen molar-refractivity contribution < 1.29 is 9.18 Å². The summed E-state index contributed by atoms with van der Waals surface area (Å²) in [5.41, 5.74) is 7.38. The third-order valence-electron chi connectivity index (χ3n) is 3.37. The maximum absolute atomic E-state index is 13.3. The number of halogens is 1. The van der Waals surface area contributed by atoms with Crippen LogP contribution in [0.4, 0.5) is 10.1 Å². The number of hydrogen-bond donors (Lipinski definition) is 1. The summed E-state index contributed by atoms with van der Waals surface area (Å²) < 4.78 is 13.3. The first-order valence-corrected chi connectivity index (χ1v) is 6.07. The lowest BCUT2D eigenvalue weighted by atomic mass is 9.88. The Bertz CT molecular complexity index is 615. The van der Waals surface area contributed by atoms with Crippen LogP contribution in [-0.4, -0.2) is 11.9 Å². The number of carbonyl (C=O) groups excluding carboxylic acids is 1. The molecule has 0 aliphatic carbocycles. The standard InChI is InChI=1S/C15H13FN2O/c16-11-7-4-8-12(9-11)18-14(13(17)15(18)19)10-5-2-1-3-6-10/h1-9,13-14H,17H2/t13-,14+/m0/s1. The van der Waals surface area contributed by atoms with E-state index in [1.807, 2.05) is 30.3 Å². The molecular weight excluding hydrogens is 243 g/mol. The van der Waals surface area contributed by atoms with Crippen LogP contribution in [0.3, 0.4) is 0 Å². The van der Waals surface area contributed by atoms with Gasteiger partial charge in [-0.15, -0.1) is 0 Å². The number of hydrogen-bond acceptors (Lipinski definition) is 2. The molecule has 4 heteroatoms. The van der Waals surface area contributed by atoms with Crippen LogP contribution < -0.4 is 10.6 Å². The Morgan fingerprint density at radius 1 is 1.05 bits per heavy atom. The molecule has 0 radical (unpaired) electrons. The second kappa shape index (κ2) is 4.48. The predicted molar refractivity (Wildman–Crippen MR) is 71.0 cm³/mol. The van der Waals surface area contributed by atoms with Gasteiger partial charge in [0.2, 0.25) is 5.91 Å². The van der Waals surface area contributed by atoms with E-state index in [0.29, 0.717) is 5.69 Å². The van der Waals surface area contributed by atoms with Crippen molar-refractivity contribution in [2.75, 3.05) is 4.90 Å². The highest BCUT2D eigenvalue weighted by Gasteiger charge is 2.46. The summed E-state index contributed by atoms with van der Waals surface area (Å²) in [6.07, 6.45) is 0. The molecule has 3 nitrogen and oxygen atoms in total. The number of carbonyl (C=O) groups is 1. The molecule has 2 N–H and O–H groups in total. The lowest BCUT2D eigenvalue weighted by molar-refractivity contribution is -0.126. The highest BCUT2D eigenvalue weighted by atomic mass is 19.1. The van der Waals surface area contributed by atoms with Crippen molar-refractivity contribution >= 4 is 11.6 Å². The molecule has 2 aromatic carbocycles. The number of rotatable bonds is 2. The zero-order valence-electron chi connectivity index (χ0n) is 10.2. The van der Waals surface area contributed by atoms with E-state index >= 15 is 0 Å². The summed E-state index contributed by atoms with van der Waals surface area (Å²) in [5, 5.41) is 0. The Balaban J connectivity index is 1.98. The average Bonchev–Trinajstić information content (AvgIpc) is 2.44. The normalized spacial score (nSPS) is 22.2. The van der Waals surface area contributed by atoms with Gasteiger partial charge in [0.25, 0.3) is 0 Å².